The second-order valence-corrected chi connectivity index (χ2v) is 5.77. The van der Waals surface area contributed by atoms with Crippen LogP contribution in [0.3, 0.4) is 0 Å². The maximum absolute atomic E-state index is 11.9. The van der Waals surface area contributed by atoms with Crippen molar-refractivity contribution in [3.8, 4) is 0 Å². The van der Waals surface area contributed by atoms with Crippen LogP contribution in [0.2, 0.25) is 0 Å². The van der Waals surface area contributed by atoms with E-state index in [4.69, 9.17) is 4.74 Å². The molecule has 0 saturated carbocycles. The third kappa shape index (κ3) is 4.29. The zero-order chi connectivity index (χ0) is 15.4. The van der Waals surface area contributed by atoms with Gasteiger partial charge < -0.3 is 15.0 Å². The number of aromatic nitrogens is 2. The van der Waals surface area contributed by atoms with Gasteiger partial charge in [-0.15, -0.1) is 0 Å². The summed E-state index contributed by atoms with van der Waals surface area (Å²) in [5, 5.41) is 9.42. The number of aromatic amines is 1. The van der Waals surface area contributed by atoms with Crippen molar-refractivity contribution >= 4 is 11.8 Å². The second kappa shape index (κ2) is 6.71. The Bertz CT molecular complexity index is 512. The number of amides is 2. The standard InChI is InChI=1S/C14H22N4O3/c1-9(2)6-18-7-11(21-8-13(18)19)5-15-14(20)12-4-10(3)16-17-12/h4,9,11H,5-8H2,1-3H3,(H,15,20)(H,16,17). The molecule has 1 saturated heterocycles. The van der Waals surface area contributed by atoms with E-state index in [1.165, 1.54) is 0 Å². The molecule has 21 heavy (non-hydrogen) atoms. The number of nitrogens with one attached hydrogen (secondary N) is 2. The maximum Gasteiger partial charge on any atom is 0.271 e. The third-order valence-electron chi connectivity index (χ3n) is 3.23. The van der Waals surface area contributed by atoms with Gasteiger partial charge >= 0.3 is 0 Å². The number of H-pyrrole nitrogens is 1. The average molecular weight is 294 g/mol. The molecule has 0 aliphatic carbocycles. The van der Waals surface area contributed by atoms with Crippen LogP contribution in [-0.4, -0.2) is 59.3 Å². The van der Waals surface area contributed by atoms with Crippen molar-refractivity contribution in [2.75, 3.05) is 26.2 Å². The molecule has 7 heteroatoms. The Morgan fingerprint density at radius 3 is 3.00 bits per heavy atom. The van der Waals surface area contributed by atoms with Crippen LogP contribution >= 0.6 is 0 Å². The fraction of sp³-hybridized carbons (Fsp3) is 0.643. The number of rotatable bonds is 5. The Kier molecular flexibility index (Phi) is 4.95. The van der Waals surface area contributed by atoms with E-state index in [1.54, 1.807) is 11.0 Å². The molecule has 0 radical (unpaired) electrons. The van der Waals surface area contributed by atoms with E-state index >= 15 is 0 Å². The molecule has 1 aliphatic heterocycles. The predicted molar refractivity (Wildman–Crippen MR) is 76.8 cm³/mol. The first-order valence-corrected chi connectivity index (χ1v) is 7.15. The number of ether oxygens (including phenoxy) is 1. The second-order valence-electron chi connectivity index (χ2n) is 5.77. The lowest BCUT2D eigenvalue weighted by Gasteiger charge is -2.33. The number of nitrogens with zero attached hydrogens (tertiary/aromatic N) is 2. The Balaban J connectivity index is 1.83. The Morgan fingerprint density at radius 2 is 2.38 bits per heavy atom. The van der Waals surface area contributed by atoms with Gasteiger partial charge in [-0.1, -0.05) is 13.8 Å². The van der Waals surface area contributed by atoms with Crippen LogP contribution in [0.15, 0.2) is 6.07 Å². The predicted octanol–water partition coefficient (Wildman–Crippen LogP) is 0.331. The Labute approximate surface area is 124 Å². The number of carbonyl (C=O) groups excluding carboxylic acids is 2. The molecule has 1 fully saturated rings. The largest absolute Gasteiger partial charge is 0.365 e. The van der Waals surface area contributed by atoms with Gasteiger partial charge in [-0.05, 0) is 18.9 Å². The maximum atomic E-state index is 11.9. The molecule has 1 unspecified atom stereocenters. The molecule has 2 amide bonds. The molecule has 7 nitrogen and oxygen atoms in total. The van der Waals surface area contributed by atoms with Crippen molar-refractivity contribution in [2.24, 2.45) is 5.92 Å². The number of aryl methyl sites for hydroxylation is 1. The number of hydrogen-bond acceptors (Lipinski definition) is 4. The number of hydrogen-bond donors (Lipinski definition) is 2. The fourth-order valence-corrected chi connectivity index (χ4v) is 2.25. The van der Waals surface area contributed by atoms with Crippen molar-refractivity contribution < 1.29 is 14.3 Å². The zero-order valence-electron chi connectivity index (χ0n) is 12.7. The fourth-order valence-electron chi connectivity index (χ4n) is 2.25. The van der Waals surface area contributed by atoms with Crippen molar-refractivity contribution in [3.05, 3.63) is 17.5 Å². The highest BCUT2D eigenvalue weighted by Gasteiger charge is 2.27. The lowest BCUT2D eigenvalue weighted by Crippen LogP contribution is -2.51. The van der Waals surface area contributed by atoms with E-state index in [0.717, 1.165) is 5.69 Å². The molecule has 116 valence electrons. The molecule has 2 rings (SSSR count). The van der Waals surface area contributed by atoms with E-state index in [0.29, 0.717) is 31.2 Å². The van der Waals surface area contributed by atoms with Crippen LogP contribution in [0.25, 0.3) is 0 Å². The number of morpholine rings is 1. The molecular formula is C14H22N4O3. The van der Waals surface area contributed by atoms with Gasteiger partial charge in [0.25, 0.3) is 5.91 Å². The van der Waals surface area contributed by atoms with Gasteiger partial charge in [-0.3, -0.25) is 14.7 Å². The van der Waals surface area contributed by atoms with Crippen LogP contribution in [-0.2, 0) is 9.53 Å². The van der Waals surface area contributed by atoms with Gasteiger partial charge in [0.15, 0.2) is 0 Å². The van der Waals surface area contributed by atoms with E-state index in [9.17, 15) is 9.59 Å². The van der Waals surface area contributed by atoms with Crippen LogP contribution in [0, 0.1) is 12.8 Å². The minimum atomic E-state index is -0.241. The molecule has 2 N–H and O–H groups in total. The van der Waals surface area contributed by atoms with Gasteiger partial charge in [0.05, 0.1) is 6.10 Å². The van der Waals surface area contributed by atoms with Crippen molar-refractivity contribution in [1.82, 2.24) is 20.4 Å². The van der Waals surface area contributed by atoms with Crippen molar-refractivity contribution in [1.29, 1.82) is 0 Å². The van der Waals surface area contributed by atoms with Gasteiger partial charge in [0, 0.05) is 25.3 Å². The third-order valence-corrected chi connectivity index (χ3v) is 3.23. The monoisotopic (exact) mass is 294 g/mol. The molecule has 0 aromatic carbocycles. The summed E-state index contributed by atoms with van der Waals surface area (Å²) in [6.45, 7) is 7.64. The summed E-state index contributed by atoms with van der Waals surface area (Å²) in [4.78, 5) is 25.4. The van der Waals surface area contributed by atoms with E-state index < -0.39 is 0 Å². The molecule has 2 heterocycles. The minimum Gasteiger partial charge on any atom is -0.365 e. The Hall–Kier alpha value is -1.89. The van der Waals surface area contributed by atoms with E-state index in [-0.39, 0.29) is 24.5 Å². The van der Waals surface area contributed by atoms with Crippen LogP contribution in [0.1, 0.15) is 30.0 Å². The first-order chi connectivity index (χ1) is 9.95. The molecule has 1 aromatic rings. The molecule has 1 atom stereocenters. The lowest BCUT2D eigenvalue weighted by molar-refractivity contribution is -0.149. The van der Waals surface area contributed by atoms with Crippen molar-refractivity contribution in [3.63, 3.8) is 0 Å². The summed E-state index contributed by atoms with van der Waals surface area (Å²) in [6.07, 6.45) is -0.176. The smallest absolute Gasteiger partial charge is 0.271 e. The van der Waals surface area contributed by atoms with Crippen LogP contribution in [0.4, 0.5) is 0 Å². The van der Waals surface area contributed by atoms with Gasteiger partial charge in [0.2, 0.25) is 5.91 Å². The molecular weight excluding hydrogens is 272 g/mol. The summed E-state index contributed by atoms with van der Waals surface area (Å²) in [5.41, 5.74) is 1.20. The van der Waals surface area contributed by atoms with E-state index in [1.807, 2.05) is 6.92 Å². The molecule has 0 spiro atoms. The summed E-state index contributed by atoms with van der Waals surface area (Å²) >= 11 is 0. The SMILES string of the molecule is Cc1cc(C(=O)NCC2CN(CC(C)C)C(=O)CO2)n[nH]1. The first kappa shape index (κ1) is 15.5. The highest BCUT2D eigenvalue weighted by Crippen LogP contribution is 2.09. The van der Waals surface area contributed by atoms with E-state index in [2.05, 4.69) is 29.4 Å². The first-order valence-electron chi connectivity index (χ1n) is 7.15. The van der Waals surface area contributed by atoms with Crippen molar-refractivity contribution in [2.45, 2.75) is 26.9 Å². The minimum absolute atomic E-state index is 0.00852. The highest BCUT2D eigenvalue weighted by molar-refractivity contribution is 5.92. The van der Waals surface area contributed by atoms with Crippen LogP contribution in [0.5, 0.6) is 0 Å². The molecule has 1 aliphatic rings. The zero-order valence-corrected chi connectivity index (χ0v) is 12.7. The van der Waals surface area contributed by atoms with Gasteiger partial charge in [-0.25, -0.2) is 0 Å². The summed E-state index contributed by atoms with van der Waals surface area (Å²) in [7, 11) is 0. The van der Waals surface area contributed by atoms with Crippen LogP contribution < -0.4 is 5.32 Å². The summed E-state index contributed by atoms with van der Waals surface area (Å²) in [5.74, 6) is 0.179. The molecule has 0 bridgehead atoms. The summed E-state index contributed by atoms with van der Waals surface area (Å²) < 4.78 is 5.46. The average Bonchev–Trinajstić information content (AvgIpc) is 2.85. The summed E-state index contributed by atoms with van der Waals surface area (Å²) in [6, 6.07) is 1.69. The lowest BCUT2D eigenvalue weighted by atomic mass is 10.1. The van der Waals surface area contributed by atoms with Gasteiger partial charge in [-0.2, -0.15) is 5.10 Å². The normalized spacial score (nSPS) is 19.1. The number of carbonyl (C=O) groups is 2. The van der Waals surface area contributed by atoms with Gasteiger partial charge in [0.1, 0.15) is 12.3 Å². The Morgan fingerprint density at radius 1 is 1.62 bits per heavy atom. The quantitative estimate of drug-likeness (QED) is 0.819. The molecule has 1 aromatic heterocycles. The topological polar surface area (TPSA) is 87.3 Å². The highest BCUT2D eigenvalue weighted by atomic mass is 16.5.